The normalized spacial score (nSPS) is 19.8. The lowest BCUT2D eigenvalue weighted by molar-refractivity contribution is 0.195. The fourth-order valence-electron chi connectivity index (χ4n) is 2.94. The largest absolute Gasteiger partial charge is 0.301 e. The number of nitriles is 1. The van der Waals surface area contributed by atoms with Crippen LogP contribution in [-0.4, -0.2) is 42.5 Å². The molecule has 102 valence electrons. The number of hydrogen-bond acceptors (Lipinski definition) is 3. The van der Waals surface area contributed by atoms with E-state index in [1.165, 1.54) is 24.9 Å². The minimum absolute atomic E-state index is 0.716. The van der Waals surface area contributed by atoms with Crippen molar-refractivity contribution in [3.05, 3.63) is 35.4 Å². The second kappa shape index (κ2) is 6.70. The van der Waals surface area contributed by atoms with E-state index in [1.807, 2.05) is 12.1 Å². The van der Waals surface area contributed by atoms with E-state index in [9.17, 15) is 0 Å². The van der Waals surface area contributed by atoms with Crippen molar-refractivity contribution in [2.45, 2.75) is 32.4 Å². The maximum Gasteiger partial charge on any atom is 0.0991 e. The van der Waals surface area contributed by atoms with E-state index in [2.05, 4.69) is 42.0 Å². The molecule has 1 aliphatic rings. The zero-order valence-electron chi connectivity index (χ0n) is 12.0. The molecule has 19 heavy (non-hydrogen) atoms. The first-order valence-corrected chi connectivity index (χ1v) is 7.14. The van der Waals surface area contributed by atoms with Gasteiger partial charge in [-0.2, -0.15) is 5.26 Å². The lowest BCUT2D eigenvalue weighted by Crippen LogP contribution is -2.38. The quantitative estimate of drug-likeness (QED) is 0.812. The van der Waals surface area contributed by atoms with Crippen LogP contribution >= 0.6 is 0 Å². The van der Waals surface area contributed by atoms with Crippen LogP contribution < -0.4 is 0 Å². The van der Waals surface area contributed by atoms with E-state index in [4.69, 9.17) is 5.26 Å². The summed E-state index contributed by atoms with van der Waals surface area (Å²) in [7, 11) is 2.18. The average Bonchev–Trinajstić information content (AvgIpc) is 2.86. The molecule has 0 aromatic heterocycles. The highest BCUT2D eigenvalue weighted by Gasteiger charge is 2.23. The molecular weight excluding hydrogens is 234 g/mol. The molecule has 0 bridgehead atoms. The minimum atomic E-state index is 0.716. The second-order valence-corrected chi connectivity index (χ2v) is 5.43. The molecule has 1 unspecified atom stereocenters. The van der Waals surface area contributed by atoms with Gasteiger partial charge in [0.15, 0.2) is 0 Å². The summed E-state index contributed by atoms with van der Waals surface area (Å²) >= 11 is 0. The fraction of sp³-hybridized carbons (Fsp3) is 0.562. The summed E-state index contributed by atoms with van der Waals surface area (Å²) in [6.45, 7) is 6.76. The molecule has 0 spiro atoms. The van der Waals surface area contributed by atoms with Gasteiger partial charge in [0.1, 0.15) is 0 Å². The van der Waals surface area contributed by atoms with Crippen molar-refractivity contribution in [1.82, 2.24) is 9.80 Å². The van der Waals surface area contributed by atoms with E-state index in [1.54, 1.807) is 0 Å². The summed E-state index contributed by atoms with van der Waals surface area (Å²) < 4.78 is 0. The van der Waals surface area contributed by atoms with E-state index in [0.717, 1.165) is 25.2 Å². The molecule has 1 saturated heterocycles. The Morgan fingerprint density at radius 1 is 1.37 bits per heavy atom. The summed E-state index contributed by atoms with van der Waals surface area (Å²) in [6.07, 6.45) is 2.66. The summed E-state index contributed by atoms with van der Waals surface area (Å²) in [5, 5.41) is 8.79. The Labute approximate surface area is 116 Å². The molecular formula is C16H23N3. The molecule has 0 N–H and O–H groups in total. The number of benzene rings is 1. The fourth-order valence-corrected chi connectivity index (χ4v) is 2.94. The Balaban J connectivity index is 1.86. The zero-order valence-corrected chi connectivity index (χ0v) is 12.0. The monoisotopic (exact) mass is 257 g/mol. The Kier molecular flexibility index (Phi) is 4.95. The molecule has 1 aliphatic heterocycles. The van der Waals surface area contributed by atoms with Crippen LogP contribution in [0.1, 0.15) is 30.9 Å². The van der Waals surface area contributed by atoms with E-state index < -0.39 is 0 Å². The van der Waals surface area contributed by atoms with E-state index >= 15 is 0 Å². The number of likely N-dealkylation sites (N-methyl/N-ethyl adjacent to an activating group) is 2. The SMILES string of the molecule is CCN1CCCC1CN(C)Cc1ccc(C#N)cc1. The van der Waals surface area contributed by atoms with Gasteiger partial charge in [-0.3, -0.25) is 4.90 Å². The van der Waals surface area contributed by atoms with E-state index in [0.29, 0.717) is 6.04 Å². The molecule has 1 aromatic carbocycles. The number of likely N-dealkylation sites (tertiary alicyclic amines) is 1. The molecule has 1 heterocycles. The topological polar surface area (TPSA) is 30.3 Å². The Morgan fingerprint density at radius 2 is 2.11 bits per heavy atom. The van der Waals surface area contributed by atoms with Gasteiger partial charge in [-0.05, 0) is 50.7 Å². The van der Waals surface area contributed by atoms with Crippen molar-refractivity contribution in [3.8, 4) is 6.07 Å². The molecule has 1 atom stereocenters. The predicted octanol–water partition coefficient (Wildman–Crippen LogP) is 2.47. The summed E-state index contributed by atoms with van der Waals surface area (Å²) in [5.41, 5.74) is 2.02. The van der Waals surface area contributed by atoms with Crippen LogP contribution in [0.3, 0.4) is 0 Å². The van der Waals surface area contributed by atoms with Crippen LogP contribution in [0.25, 0.3) is 0 Å². The lowest BCUT2D eigenvalue weighted by Gasteiger charge is -2.27. The van der Waals surface area contributed by atoms with Crippen LogP contribution in [0.15, 0.2) is 24.3 Å². The summed E-state index contributed by atoms with van der Waals surface area (Å²) in [5.74, 6) is 0. The molecule has 1 fully saturated rings. The molecule has 3 nitrogen and oxygen atoms in total. The Morgan fingerprint density at radius 3 is 2.74 bits per heavy atom. The van der Waals surface area contributed by atoms with Crippen LogP contribution in [0.5, 0.6) is 0 Å². The van der Waals surface area contributed by atoms with Gasteiger partial charge in [0, 0.05) is 19.1 Å². The van der Waals surface area contributed by atoms with Gasteiger partial charge in [-0.25, -0.2) is 0 Å². The molecule has 2 rings (SSSR count). The van der Waals surface area contributed by atoms with Crippen molar-refractivity contribution < 1.29 is 0 Å². The predicted molar refractivity (Wildman–Crippen MR) is 77.8 cm³/mol. The smallest absolute Gasteiger partial charge is 0.0991 e. The van der Waals surface area contributed by atoms with Crippen molar-refractivity contribution >= 4 is 0 Å². The van der Waals surface area contributed by atoms with Gasteiger partial charge in [0.25, 0.3) is 0 Å². The molecule has 3 heteroatoms. The van der Waals surface area contributed by atoms with Crippen molar-refractivity contribution in [3.63, 3.8) is 0 Å². The van der Waals surface area contributed by atoms with Gasteiger partial charge in [-0.15, -0.1) is 0 Å². The molecule has 1 aromatic rings. The maximum absolute atomic E-state index is 8.79. The van der Waals surface area contributed by atoms with Gasteiger partial charge in [0.05, 0.1) is 11.6 Å². The van der Waals surface area contributed by atoms with Gasteiger partial charge < -0.3 is 4.90 Å². The summed E-state index contributed by atoms with van der Waals surface area (Å²) in [4.78, 5) is 4.97. The average molecular weight is 257 g/mol. The molecule has 0 aliphatic carbocycles. The molecule has 0 saturated carbocycles. The number of rotatable bonds is 5. The second-order valence-electron chi connectivity index (χ2n) is 5.43. The van der Waals surface area contributed by atoms with Crippen molar-refractivity contribution in [2.24, 2.45) is 0 Å². The van der Waals surface area contributed by atoms with Crippen molar-refractivity contribution in [2.75, 3.05) is 26.7 Å². The van der Waals surface area contributed by atoms with Crippen molar-refractivity contribution in [1.29, 1.82) is 5.26 Å². The van der Waals surface area contributed by atoms with Crippen LogP contribution in [0.4, 0.5) is 0 Å². The minimum Gasteiger partial charge on any atom is -0.301 e. The lowest BCUT2D eigenvalue weighted by atomic mass is 10.1. The maximum atomic E-state index is 8.79. The molecule has 0 radical (unpaired) electrons. The Bertz CT molecular complexity index is 432. The van der Waals surface area contributed by atoms with Crippen LogP contribution in [0, 0.1) is 11.3 Å². The van der Waals surface area contributed by atoms with E-state index in [-0.39, 0.29) is 0 Å². The Hall–Kier alpha value is -1.37. The third-order valence-corrected chi connectivity index (χ3v) is 3.96. The van der Waals surface area contributed by atoms with Crippen LogP contribution in [0.2, 0.25) is 0 Å². The highest BCUT2D eigenvalue weighted by atomic mass is 15.2. The first kappa shape index (κ1) is 14.0. The van der Waals surface area contributed by atoms with Crippen LogP contribution in [-0.2, 0) is 6.54 Å². The highest BCUT2D eigenvalue weighted by Crippen LogP contribution is 2.18. The first-order valence-electron chi connectivity index (χ1n) is 7.14. The number of nitrogens with zero attached hydrogens (tertiary/aromatic N) is 3. The third-order valence-electron chi connectivity index (χ3n) is 3.96. The first-order chi connectivity index (χ1) is 9.22. The summed E-state index contributed by atoms with van der Waals surface area (Å²) in [6, 6.07) is 10.8. The number of hydrogen-bond donors (Lipinski definition) is 0. The molecule has 0 amide bonds. The highest BCUT2D eigenvalue weighted by molar-refractivity contribution is 5.31. The standard InChI is InChI=1S/C16H23N3/c1-3-19-10-4-5-16(19)13-18(2)12-15-8-6-14(11-17)7-9-15/h6-9,16H,3-5,10,12-13H2,1-2H3. The van der Waals surface area contributed by atoms with Gasteiger partial charge in [0.2, 0.25) is 0 Å². The zero-order chi connectivity index (χ0) is 13.7. The third kappa shape index (κ3) is 3.79. The van der Waals surface area contributed by atoms with Gasteiger partial charge in [-0.1, -0.05) is 19.1 Å². The van der Waals surface area contributed by atoms with Gasteiger partial charge >= 0.3 is 0 Å².